The van der Waals surface area contributed by atoms with E-state index >= 15 is 0 Å². The van der Waals surface area contributed by atoms with Crippen molar-refractivity contribution in [3.8, 4) is 0 Å². The molecule has 0 spiro atoms. The number of anilines is 2. The molecule has 1 atom stereocenters. The van der Waals surface area contributed by atoms with Crippen molar-refractivity contribution in [2.24, 2.45) is 0 Å². The molecule has 1 saturated heterocycles. The van der Waals surface area contributed by atoms with E-state index in [-0.39, 0.29) is 6.17 Å². The predicted octanol–water partition coefficient (Wildman–Crippen LogP) is 1.22. The summed E-state index contributed by atoms with van der Waals surface area (Å²) < 4.78 is 0. The fraction of sp³-hybridized carbons (Fsp3) is 0.500. The van der Waals surface area contributed by atoms with Crippen LogP contribution in [0.5, 0.6) is 0 Å². The Hall–Kier alpha value is -1.55. The molecule has 0 amide bonds. The molecule has 2 aliphatic heterocycles. The maximum atomic E-state index is 11.4. The van der Waals surface area contributed by atoms with Gasteiger partial charge in [0.1, 0.15) is 0 Å². The number of hydrogen-bond donors (Lipinski definition) is 1. The van der Waals surface area contributed by atoms with Gasteiger partial charge in [0.25, 0.3) is 0 Å². The second-order valence-corrected chi connectivity index (χ2v) is 5.04. The minimum atomic E-state index is -0.148. The molecule has 1 fully saturated rings. The topological polar surface area (TPSA) is 35.6 Å². The van der Waals surface area contributed by atoms with E-state index in [9.17, 15) is 4.79 Å². The first-order chi connectivity index (χ1) is 8.83. The molecule has 2 heterocycles. The summed E-state index contributed by atoms with van der Waals surface area (Å²) >= 11 is 0. The molecule has 0 bridgehead atoms. The molecule has 1 N–H and O–H groups in total. The Morgan fingerprint density at radius 3 is 2.56 bits per heavy atom. The smallest absolute Gasteiger partial charge is 0.162 e. The first-order valence-electron chi connectivity index (χ1n) is 6.59. The molecule has 2 aliphatic rings. The Bertz CT molecular complexity index is 442. The highest BCUT2D eigenvalue weighted by molar-refractivity contribution is 5.85. The number of carbonyl (C=O) groups excluding carboxylic acids is 1. The number of piperidine rings is 1. The van der Waals surface area contributed by atoms with Crippen LogP contribution >= 0.6 is 0 Å². The van der Waals surface area contributed by atoms with Crippen LogP contribution in [0.3, 0.4) is 0 Å². The van der Waals surface area contributed by atoms with Crippen LogP contribution in [0.25, 0.3) is 0 Å². The third-order valence-electron chi connectivity index (χ3n) is 4.05. The number of benzene rings is 1. The summed E-state index contributed by atoms with van der Waals surface area (Å²) in [5.74, 6) is 0. The van der Waals surface area contributed by atoms with E-state index in [4.69, 9.17) is 0 Å². The molecule has 4 heteroatoms. The molecule has 1 aromatic rings. The number of para-hydroxylation sites is 2. The van der Waals surface area contributed by atoms with Crippen molar-refractivity contribution in [1.29, 1.82) is 0 Å². The number of hydrogen-bond acceptors (Lipinski definition) is 4. The number of carbonyl (C=O) groups is 1. The van der Waals surface area contributed by atoms with Crippen molar-refractivity contribution in [2.45, 2.75) is 25.0 Å². The van der Waals surface area contributed by atoms with Gasteiger partial charge in [-0.25, -0.2) is 0 Å². The van der Waals surface area contributed by atoms with Crippen LogP contribution in [0.1, 0.15) is 12.8 Å². The van der Waals surface area contributed by atoms with Crippen molar-refractivity contribution < 1.29 is 4.79 Å². The first-order valence-corrected chi connectivity index (χ1v) is 6.59. The lowest BCUT2D eigenvalue weighted by Gasteiger charge is -2.36. The Morgan fingerprint density at radius 1 is 1.22 bits per heavy atom. The zero-order valence-corrected chi connectivity index (χ0v) is 10.7. The average molecular weight is 245 g/mol. The van der Waals surface area contributed by atoms with Crippen molar-refractivity contribution in [3.05, 3.63) is 24.3 Å². The molecule has 0 aromatic heterocycles. The fourth-order valence-electron chi connectivity index (χ4n) is 3.11. The van der Waals surface area contributed by atoms with Crippen LogP contribution in [0.4, 0.5) is 11.4 Å². The van der Waals surface area contributed by atoms with Gasteiger partial charge < -0.3 is 15.1 Å². The highest BCUT2D eigenvalue weighted by Gasteiger charge is 2.37. The lowest BCUT2D eigenvalue weighted by molar-refractivity contribution is -0.108. The summed E-state index contributed by atoms with van der Waals surface area (Å²) in [4.78, 5) is 15.8. The number of rotatable bonds is 2. The molecule has 3 rings (SSSR count). The summed E-state index contributed by atoms with van der Waals surface area (Å²) in [7, 11) is 2.00. The molecule has 18 heavy (non-hydrogen) atoms. The normalized spacial score (nSPS) is 24.2. The standard InChI is InChI=1S/C14H19N3O/c1-16-12-4-2-3-5-13(12)17(14(16)10-18)11-6-8-15-9-7-11/h2-5,10-11,14-15H,6-9H2,1H3. The van der Waals surface area contributed by atoms with Gasteiger partial charge in [0.15, 0.2) is 12.5 Å². The van der Waals surface area contributed by atoms with Gasteiger partial charge in [-0.1, -0.05) is 12.1 Å². The number of fused-ring (bicyclic) bond motifs is 1. The maximum Gasteiger partial charge on any atom is 0.162 e. The Balaban J connectivity index is 1.97. The molecule has 0 radical (unpaired) electrons. The third-order valence-corrected chi connectivity index (χ3v) is 4.05. The summed E-state index contributed by atoms with van der Waals surface area (Å²) in [6, 6.07) is 8.76. The van der Waals surface area contributed by atoms with Crippen LogP contribution in [-0.4, -0.2) is 38.6 Å². The van der Waals surface area contributed by atoms with Gasteiger partial charge in [-0.3, -0.25) is 4.79 Å². The van der Waals surface area contributed by atoms with E-state index in [0.29, 0.717) is 6.04 Å². The Labute approximate surface area is 108 Å². The number of aldehydes is 1. The zero-order chi connectivity index (χ0) is 12.5. The second kappa shape index (κ2) is 4.61. The van der Waals surface area contributed by atoms with E-state index in [1.54, 1.807) is 0 Å². The van der Waals surface area contributed by atoms with Gasteiger partial charge in [-0.15, -0.1) is 0 Å². The van der Waals surface area contributed by atoms with Crippen LogP contribution in [0, 0.1) is 0 Å². The van der Waals surface area contributed by atoms with Gasteiger partial charge in [0.2, 0.25) is 0 Å². The summed E-state index contributed by atoms with van der Waals surface area (Å²) in [6.45, 7) is 2.08. The maximum absolute atomic E-state index is 11.4. The van der Waals surface area contributed by atoms with Crippen molar-refractivity contribution in [3.63, 3.8) is 0 Å². The highest BCUT2D eigenvalue weighted by Crippen LogP contribution is 2.40. The van der Waals surface area contributed by atoms with Crippen LogP contribution in [0.2, 0.25) is 0 Å². The van der Waals surface area contributed by atoms with Crippen LogP contribution < -0.4 is 15.1 Å². The molecular formula is C14H19N3O. The molecule has 0 aliphatic carbocycles. The predicted molar refractivity (Wildman–Crippen MR) is 73.1 cm³/mol. The van der Waals surface area contributed by atoms with Crippen molar-refractivity contribution in [1.82, 2.24) is 5.32 Å². The van der Waals surface area contributed by atoms with E-state index < -0.39 is 0 Å². The molecule has 96 valence electrons. The molecule has 0 saturated carbocycles. The monoisotopic (exact) mass is 245 g/mol. The van der Waals surface area contributed by atoms with Crippen molar-refractivity contribution in [2.75, 3.05) is 29.9 Å². The lowest BCUT2D eigenvalue weighted by Crippen LogP contribution is -2.51. The van der Waals surface area contributed by atoms with E-state index in [1.165, 1.54) is 5.69 Å². The second-order valence-electron chi connectivity index (χ2n) is 5.04. The largest absolute Gasteiger partial charge is 0.347 e. The van der Waals surface area contributed by atoms with Crippen LogP contribution in [-0.2, 0) is 4.79 Å². The van der Waals surface area contributed by atoms with Gasteiger partial charge in [-0.2, -0.15) is 0 Å². The fourth-order valence-corrected chi connectivity index (χ4v) is 3.11. The lowest BCUT2D eigenvalue weighted by atomic mass is 10.0. The van der Waals surface area contributed by atoms with Crippen molar-refractivity contribution >= 4 is 17.7 Å². The minimum Gasteiger partial charge on any atom is -0.347 e. The number of nitrogens with zero attached hydrogens (tertiary/aromatic N) is 2. The number of nitrogens with one attached hydrogen (secondary N) is 1. The summed E-state index contributed by atoms with van der Waals surface area (Å²) in [5, 5.41) is 3.38. The first kappa shape index (κ1) is 11.5. The van der Waals surface area contributed by atoms with Gasteiger partial charge in [0, 0.05) is 13.1 Å². The minimum absolute atomic E-state index is 0.148. The van der Waals surface area contributed by atoms with Gasteiger partial charge in [-0.05, 0) is 38.1 Å². The zero-order valence-electron chi connectivity index (χ0n) is 10.7. The summed E-state index contributed by atoms with van der Waals surface area (Å²) in [6.07, 6.45) is 3.12. The highest BCUT2D eigenvalue weighted by atomic mass is 16.1. The Morgan fingerprint density at radius 2 is 1.89 bits per heavy atom. The molecule has 1 unspecified atom stereocenters. The molecule has 1 aromatic carbocycles. The van der Waals surface area contributed by atoms with Crippen LogP contribution in [0.15, 0.2) is 24.3 Å². The summed E-state index contributed by atoms with van der Waals surface area (Å²) in [5.41, 5.74) is 2.36. The third kappa shape index (κ3) is 1.68. The Kier molecular flexibility index (Phi) is 2.96. The van der Waals surface area contributed by atoms with E-state index in [2.05, 4.69) is 27.2 Å². The van der Waals surface area contributed by atoms with Gasteiger partial charge in [0.05, 0.1) is 11.4 Å². The quantitative estimate of drug-likeness (QED) is 0.795. The van der Waals surface area contributed by atoms with E-state index in [0.717, 1.165) is 37.9 Å². The number of likely N-dealkylation sites (N-methyl/N-ethyl adjacent to an activating group) is 1. The van der Waals surface area contributed by atoms with E-state index in [1.807, 2.05) is 19.2 Å². The average Bonchev–Trinajstić information content (AvgIpc) is 2.73. The SMILES string of the molecule is CN1c2ccccc2N(C2CCNCC2)C1C=O. The molecule has 4 nitrogen and oxygen atoms in total. The van der Waals surface area contributed by atoms with Gasteiger partial charge >= 0.3 is 0 Å². The molecular weight excluding hydrogens is 226 g/mol.